The molecule has 0 aromatic heterocycles. The van der Waals surface area contributed by atoms with Crippen molar-refractivity contribution in [1.29, 1.82) is 0 Å². The van der Waals surface area contributed by atoms with E-state index >= 15 is 0 Å². The van der Waals surface area contributed by atoms with Crippen LogP contribution in [0.25, 0.3) is 0 Å². The fraction of sp³-hybridized carbons (Fsp3) is 0.750. The molecule has 0 spiro atoms. The van der Waals surface area contributed by atoms with Crippen LogP contribution >= 0.6 is 11.8 Å². The highest BCUT2D eigenvalue weighted by Gasteiger charge is 2.53. The van der Waals surface area contributed by atoms with E-state index in [0.29, 0.717) is 11.8 Å². The molecule has 18 heteroatoms. The van der Waals surface area contributed by atoms with Crippen molar-refractivity contribution in [2.24, 2.45) is 0 Å². The first-order chi connectivity index (χ1) is 17.7. The summed E-state index contributed by atoms with van der Waals surface area (Å²) in [6, 6.07) is 0. The lowest BCUT2D eigenvalue weighted by atomic mass is 9.90. The van der Waals surface area contributed by atoms with Gasteiger partial charge in [-0.05, 0) is 0 Å². The zero-order valence-corrected chi connectivity index (χ0v) is 20.2. The van der Waals surface area contributed by atoms with Gasteiger partial charge in [-0.2, -0.15) is 0 Å². The molecule has 3 aliphatic rings. The van der Waals surface area contributed by atoms with Crippen LogP contribution in [0.3, 0.4) is 0 Å². The fourth-order valence-electron chi connectivity index (χ4n) is 4.27. The molecule has 14 atom stereocenters. The average Bonchev–Trinajstić information content (AvgIpc) is 2.85. The minimum Gasteiger partial charge on any atom is -0.479 e. The van der Waals surface area contributed by atoms with Crippen LogP contribution in [0.5, 0.6) is 0 Å². The van der Waals surface area contributed by atoms with E-state index in [4.69, 9.17) is 24.1 Å². The monoisotopic (exact) mass is 572 g/mol. The lowest BCUT2D eigenvalue weighted by molar-refractivity contribution is -0.309. The van der Waals surface area contributed by atoms with Crippen LogP contribution in [-0.4, -0.2) is 160 Å². The second-order valence-corrected chi connectivity index (χ2v) is 10.1. The van der Waals surface area contributed by atoms with Crippen molar-refractivity contribution >= 4 is 29.7 Å². The van der Waals surface area contributed by atoms with Crippen LogP contribution in [0, 0.1) is 0 Å². The Hall–Kier alpha value is -1.94. The Bertz CT molecular complexity index is 929. The molecule has 2 fully saturated rings. The van der Waals surface area contributed by atoms with Gasteiger partial charge in [-0.1, -0.05) is 6.08 Å². The zero-order valence-electron chi connectivity index (χ0n) is 19.4. The van der Waals surface area contributed by atoms with Crippen molar-refractivity contribution in [2.75, 3.05) is 7.11 Å². The summed E-state index contributed by atoms with van der Waals surface area (Å²) in [4.78, 5) is 35.0. The molecule has 0 amide bonds. The molecule has 0 saturated carbocycles. The van der Waals surface area contributed by atoms with Crippen LogP contribution in [-0.2, 0) is 33.3 Å². The van der Waals surface area contributed by atoms with E-state index in [0.717, 1.165) is 13.2 Å². The molecular formula is C20H28O17S. The Morgan fingerprint density at radius 1 is 0.737 bits per heavy atom. The quantitative estimate of drug-likeness (QED) is 0.130. The van der Waals surface area contributed by atoms with Gasteiger partial charge in [0.1, 0.15) is 36.6 Å². The summed E-state index contributed by atoms with van der Waals surface area (Å²) in [5, 5.41) is 97.5. The van der Waals surface area contributed by atoms with E-state index in [2.05, 4.69) is 0 Å². The Kier molecular flexibility index (Phi) is 9.72. The molecule has 0 unspecified atom stereocenters. The number of methoxy groups -OCH3 is 1. The number of hydrogen-bond acceptors (Lipinski definition) is 15. The smallest absolute Gasteiger partial charge is 0.335 e. The van der Waals surface area contributed by atoms with Crippen molar-refractivity contribution in [3.63, 3.8) is 0 Å². The van der Waals surface area contributed by atoms with E-state index in [1.165, 1.54) is 0 Å². The molecular weight excluding hydrogens is 544 g/mol. The first-order valence-corrected chi connectivity index (χ1v) is 12.0. The van der Waals surface area contributed by atoms with Gasteiger partial charge in [-0.15, -0.1) is 11.8 Å². The standard InChI is InChI=1S/C20H28O17S/c1-34-19-11(27)9(25)15(14(37-19)18(32)33)38-4-2-3(16(28)29)12(7(23)5(4)21)35-20-10(26)6(22)8(24)13(36-20)17(30)31/h2,4-15,19-27H,1H3,(H,28,29)(H,30,31)(H,32,33)/t4-,5-,6-,7+,8+,9+,10+,11+,12-,13-,14-,15+,19-,20-/m0/s1. The Morgan fingerprint density at radius 2 is 1.29 bits per heavy atom. The third-order valence-corrected chi connectivity index (χ3v) is 7.89. The molecule has 0 bridgehead atoms. The van der Waals surface area contributed by atoms with Gasteiger partial charge >= 0.3 is 17.9 Å². The Balaban J connectivity index is 1.88. The molecule has 3 rings (SSSR count). The number of ether oxygens (including phenoxy) is 4. The highest BCUT2D eigenvalue weighted by Crippen LogP contribution is 2.39. The maximum absolute atomic E-state index is 12.0. The van der Waals surface area contributed by atoms with Crippen molar-refractivity contribution < 1.29 is 84.4 Å². The van der Waals surface area contributed by atoms with Crippen molar-refractivity contribution in [1.82, 2.24) is 0 Å². The summed E-state index contributed by atoms with van der Waals surface area (Å²) >= 11 is 0.481. The number of aliphatic carboxylic acids is 3. The van der Waals surface area contributed by atoms with Crippen LogP contribution < -0.4 is 0 Å². The molecule has 0 aromatic rings. The van der Waals surface area contributed by atoms with Crippen LogP contribution in [0.1, 0.15) is 0 Å². The SMILES string of the molecule is CO[C@H]1O[C@H](C(=O)O)[C@H](S[C@H]2C=C(C(=O)O)[C@H](O[C@H]3O[C@H](C(=O)O)[C@H](O)[C@H](O)[C@H]3O)[C@H](O)[C@H]2O)[C@H](O)[C@H]1O. The van der Waals surface area contributed by atoms with Gasteiger partial charge in [0.25, 0.3) is 0 Å². The van der Waals surface area contributed by atoms with Gasteiger partial charge < -0.3 is 70.0 Å². The number of carbonyl (C=O) groups is 3. The van der Waals surface area contributed by atoms with Crippen LogP contribution in [0.15, 0.2) is 11.6 Å². The second kappa shape index (κ2) is 12.1. The molecule has 0 radical (unpaired) electrons. The third kappa shape index (κ3) is 5.81. The van der Waals surface area contributed by atoms with Crippen molar-refractivity contribution in [3.8, 4) is 0 Å². The number of rotatable bonds is 8. The minimum absolute atomic E-state index is 0.481. The molecule has 17 nitrogen and oxygen atoms in total. The van der Waals surface area contributed by atoms with Crippen molar-refractivity contribution in [3.05, 3.63) is 11.6 Å². The lowest BCUT2D eigenvalue weighted by Gasteiger charge is -2.44. The topological polar surface area (TPSA) is 290 Å². The number of carboxylic acids is 3. The number of thioether (sulfide) groups is 1. The first kappa shape index (κ1) is 30.6. The lowest BCUT2D eigenvalue weighted by Crippen LogP contribution is -2.62. The Morgan fingerprint density at radius 3 is 1.82 bits per heavy atom. The van der Waals surface area contributed by atoms with Crippen LogP contribution in [0.4, 0.5) is 0 Å². The molecule has 10 N–H and O–H groups in total. The molecule has 2 aliphatic heterocycles. The summed E-state index contributed by atoms with van der Waals surface area (Å²) in [6.07, 6.45) is -22.3. The Labute approximate surface area is 217 Å². The summed E-state index contributed by atoms with van der Waals surface area (Å²) in [5.74, 6) is -5.02. The molecule has 2 saturated heterocycles. The first-order valence-electron chi connectivity index (χ1n) is 11.0. The highest BCUT2D eigenvalue weighted by atomic mass is 32.2. The maximum Gasteiger partial charge on any atom is 0.335 e. The second-order valence-electron chi connectivity index (χ2n) is 8.75. The number of carboxylic acid groups (broad SMARTS) is 3. The van der Waals surface area contributed by atoms with Gasteiger partial charge in [-0.25, -0.2) is 14.4 Å². The molecule has 1 aliphatic carbocycles. The van der Waals surface area contributed by atoms with Gasteiger partial charge in [-0.3, -0.25) is 0 Å². The molecule has 38 heavy (non-hydrogen) atoms. The van der Waals surface area contributed by atoms with E-state index in [1.807, 2.05) is 0 Å². The maximum atomic E-state index is 12.0. The number of aliphatic hydroxyl groups excluding tert-OH is 7. The van der Waals surface area contributed by atoms with E-state index in [9.17, 15) is 60.3 Å². The van der Waals surface area contributed by atoms with E-state index in [-0.39, 0.29) is 0 Å². The zero-order chi connectivity index (χ0) is 28.6. The predicted octanol–water partition coefficient (Wildman–Crippen LogP) is -5.34. The minimum atomic E-state index is -2.10. The summed E-state index contributed by atoms with van der Waals surface area (Å²) in [6.45, 7) is 0. The summed E-state index contributed by atoms with van der Waals surface area (Å²) in [5.41, 5.74) is -0.739. The van der Waals surface area contributed by atoms with Crippen molar-refractivity contribution in [2.45, 2.75) is 84.1 Å². The van der Waals surface area contributed by atoms with Gasteiger partial charge in [0.15, 0.2) is 24.8 Å². The summed E-state index contributed by atoms with van der Waals surface area (Å²) in [7, 11) is 1.10. The van der Waals surface area contributed by atoms with E-state index < -0.39 is 108 Å². The van der Waals surface area contributed by atoms with Crippen LogP contribution in [0.2, 0.25) is 0 Å². The molecule has 2 heterocycles. The van der Waals surface area contributed by atoms with Gasteiger partial charge in [0.2, 0.25) is 0 Å². The number of hydrogen-bond donors (Lipinski definition) is 10. The molecule has 216 valence electrons. The van der Waals surface area contributed by atoms with Gasteiger partial charge in [0.05, 0.1) is 28.3 Å². The largest absolute Gasteiger partial charge is 0.479 e. The fourth-order valence-corrected chi connectivity index (χ4v) is 5.82. The predicted molar refractivity (Wildman–Crippen MR) is 117 cm³/mol. The number of aliphatic hydroxyl groups is 7. The average molecular weight is 572 g/mol. The third-order valence-electron chi connectivity index (χ3n) is 6.32. The van der Waals surface area contributed by atoms with Gasteiger partial charge in [0, 0.05) is 7.11 Å². The van der Waals surface area contributed by atoms with E-state index in [1.54, 1.807) is 0 Å². The molecule has 0 aromatic carbocycles. The summed E-state index contributed by atoms with van der Waals surface area (Å²) < 4.78 is 20.2. The normalized spacial score (nSPS) is 45.7. The highest BCUT2D eigenvalue weighted by molar-refractivity contribution is 8.00.